The Morgan fingerprint density at radius 3 is 1.77 bits per heavy atom. The Morgan fingerprint density at radius 2 is 1.14 bits per heavy atom. The van der Waals surface area contributed by atoms with Crippen LogP contribution in [0.2, 0.25) is 0 Å². The summed E-state index contributed by atoms with van der Waals surface area (Å²) in [6.45, 7) is 0. The van der Waals surface area contributed by atoms with Crippen LogP contribution in [0.25, 0.3) is 0 Å². The van der Waals surface area contributed by atoms with Crippen LogP contribution in [0.3, 0.4) is 0 Å². The van der Waals surface area contributed by atoms with E-state index in [1.165, 1.54) is 0 Å². The highest BCUT2D eigenvalue weighted by Crippen LogP contribution is 2.23. The molecule has 2 N–H and O–H groups in total. The molecule has 0 aromatic heterocycles. The lowest BCUT2D eigenvalue weighted by Crippen LogP contribution is -1.93. The molecule has 3 aromatic carbocycles. The topological polar surface area (TPSA) is 33.3 Å². The maximum Gasteiger partial charge on any atom is 0.120 e. The second-order valence-electron chi connectivity index (χ2n) is 4.93. The lowest BCUT2D eigenvalue weighted by molar-refractivity contribution is 0.415. The summed E-state index contributed by atoms with van der Waals surface area (Å²) in [6, 6.07) is 26.2. The van der Waals surface area contributed by atoms with E-state index in [0.717, 1.165) is 28.5 Å². The van der Waals surface area contributed by atoms with E-state index in [4.69, 9.17) is 4.74 Å². The van der Waals surface area contributed by atoms with E-state index in [1.54, 1.807) is 7.11 Å². The highest BCUT2D eigenvalue weighted by atomic mass is 16.5. The quantitative estimate of drug-likeness (QED) is 0.679. The average Bonchev–Trinajstić information content (AvgIpc) is 2.58. The fraction of sp³-hybridized carbons (Fsp3) is 0.0526. The molecule has 0 atom stereocenters. The van der Waals surface area contributed by atoms with Crippen LogP contribution in [0, 0.1) is 0 Å². The fourth-order valence-electron chi connectivity index (χ4n) is 2.19. The molecule has 0 aliphatic heterocycles. The summed E-state index contributed by atoms with van der Waals surface area (Å²) < 4.78 is 5.23. The van der Waals surface area contributed by atoms with E-state index in [-0.39, 0.29) is 0 Å². The molecule has 0 aliphatic rings. The SMILES string of the molecule is COc1cccc(Nc2ccc(Nc3ccccc3)cc2)c1. The summed E-state index contributed by atoms with van der Waals surface area (Å²) in [5, 5.41) is 6.73. The normalized spacial score (nSPS) is 10.0. The first-order valence-electron chi connectivity index (χ1n) is 7.17. The standard InChI is InChI=1S/C19H18N2O/c1-22-19-9-5-8-18(14-19)21-17-12-10-16(11-13-17)20-15-6-3-2-4-7-15/h2-14,20-21H,1H3. The van der Waals surface area contributed by atoms with Crippen molar-refractivity contribution < 1.29 is 4.74 Å². The zero-order valence-corrected chi connectivity index (χ0v) is 12.4. The van der Waals surface area contributed by atoms with Gasteiger partial charge >= 0.3 is 0 Å². The molecule has 0 fully saturated rings. The van der Waals surface area contributed by atoms with Crippen LogP contribution < -0.4 is 15.4 Å². The molecule has 0 heterocycles. The Hall–Kier alpha value is -2.94. The molecule has 0 saturated heterocycles. The maximum atomic E-state index is 5.23. The lowest BCUT2D eigenvalue weighted by atomic mass is 10.2. The van der Waals surface area contributed by atoms with E-state index >= 15 is 0 Å². The monoisotopic (exact) mass is 290 g/mol. The zero-order valence-electron chi connectivity index (χ0n) is 12.4. The second-order valence-corrected chi connectivity index (χ2v) is 4.93. The summed E-state index contributed by atoms with van der Waals surface area (Å²) in [7, 11) is 1.67. The Balaban J connectivity index is 1.68. The van der Waals surface area contributed by atoms with E-state index in [9.17, 15) is 0 Å². The van der Waals surface area contributed by atoms with Gasteiger partial charge in [-0.1, -0.05) is 24.3 Å². The molecule has 0 bridgehead atoms. The van der Waals surface area contributed by atoms with Gasteiger partial charge in [0.2, 0.25) is 0 Å². The van der Waals surface area contributed by atoms with Gasteiger partial charge in [0.25, 0.3) is 0 Å². The van der Waals surface area contributed by atoms with Gasteiger partial charge in [-0.3, -0.25) is 0 Å². The van der Waals surface area contributed by atoms with E-state index in [1.807, 2.05) is 66.7 Å². The summed E-state index contributed by atoms with van der Waals surface area (Å²) >= 11 is 0. The molecule has 0 radical (unpaired) electrons. The number of hydrogen-bond donors (Lipinski definition) is 2. The first-order chi connectivity index (χ1) is 10.8. The predicted octanol–water partition coefficient (Wildman–Crippen LogP) is 5.18. The van der Waals surface area contributed by atoms with E-state index < -0.39 is 0 Å². The van der Waals surface area contributed by atoms with Gasteiger partial charge in [-0.05, 0) is 48.5 Å². The summed E-state index contributed by atoms with van der Waals surface area (Å²) in [6.07, 6.45) is 0. The number of nitrogens with one attached hydrogen (secondary N) is 2. The molecule has 3 heteroatoms. The minimum Gasteiger partial charge on any atom is -0.497 e. The van der Waals surface area contributed by atoms with Crippen molar-refractivity contribution in [2.75, 3.05) is 17.7 Å². The number of para-hydroxylation sites is 1. The van der Waals surface area contributed by atoms with Gasteiger partial charge in [0.15, 0.2) is 0 Å². The number of rotatable bonds is 5. The molecule has 3 rings (SSSR count). The molecule has 22 heavy (non-hydrogen) atoms. The number of benzene rings is 3. The van der Waals surface area contributed by atoms with Crippen LogP contribution in [-0.2, 0) is 0 Å². The molecule has 0 unspecified atom stereocenters. The van der Waals surface area contributed by atoms with Crippen molar-refractivity contribution in [2.24, 2.45) is 0 Å². The third kappa shape index (κ3) is 3.58. The van der Waals surface area contributed by atoms with Gasteiger partial charge < -0.3 is 15.4 Å². The van der Waals surface area contributed by atoms with E-state index in [2.05, 4.69) is 22.8 Å². The Labute approximate surface area is 130 Å². The molecule has 3 aromatic rings. The van der Waals surface area contributed by atoms with Crippen LogP contribution in [0.4, 0.5) is 22.7 Å². The first kappa shape index (κ1) is 14.0. The minimum absolute atomic E-state index is 0.840. The first-order valence-corrected chi connectivity index (χ1v) is 7.17. The Morgan fingerprint density at radius 1 is 0.591 bits per heavy atom. The maximum absolute atomic E-state index is 5.23. The third-order valence-electron chi connectivity index (χ3n) is 3.31. The minimum atomic E-state index is 0.840. The van der Waals surface area contributed by atoms with Crippen molar-refractivity contribution in [1.82, 2.24) is 0 Å². The molecule has 3 nitrogen and oxygen atoms in total. The molecule has 0 amide bonds. The molecule has 0 spiro atoms. The van der Waals surface area contributed by atoms with Crippen LogP contribution >= 0.6 is 0 Å². The summed E-state index contributed by atoms with van der Waals surface area (Å²) in [5.74, 6) is 0.840. The zero-order chi connectivity index (χ0) is 15.2. The van der Waals surface area contributed by atoms with E-state index in [0.29, 0.717) is 0 Å². The number of hydrogen-bond acceptors (Lipinski definition) is 3. The number of anilines is 4. The van der Waals surface area contributed by atoms with Crippen LogP contribution in [0.1, 0.15) is 0 Å². The molecule has 0 aliphatic carbocycles. The molecule has 0 saturated carbocycles. The predicted molar refractivity (Wildman–Crippen MR) is 92.4 cm³/mol. The highest BCUT2D eigenvalue weighted by Gasteiger charge is 1.98. The fourth-order valence-corrected chi connectivity index (χ4v) is 2.19. The van der Waals surface area contributed by atoms with Crippen LogP contribution in [-0.4, -0.2) is 7.11 Å². The van der Waals surface area contributed by atoms with Gasteiger partial charge in [0.05, 0.1) is 7.11 Å². The molecular weight excluding hydrogens is 272 g/mol. The number of methoxy groups -OCH3 is 1. The third-order valence-corrected chi connectivity index (χ3v) is 3.31. The Kier molecular flexibility index (Phi) is 4.25. The second kappa shape index (κ2) is 6.68. The van der Waals surface area contributed by atoms with Gasteiger partial charge in [0.1, 0.15) is 5.75 Å². The highest BCUT2D eigenvalue weighted by molar-refractivity contribution is 5.66. The van der Waals surface area contributed by atoms with Crippen molar-refractivity contribution in [3.05, 3.63) is 78.9 Å². The largest absolute Gasteiger partial charge is 0.497 e. The molecule has 110 valence electrons. The van der Waals surface area contributed by atoms with Crippen LogP contribution in [0.5, 0.6) is 5.75 Å². The summed E-state index contributed by atoms with van der Waals surface area (Å²) in [5.41, 5.74) is 4.17. The lowest BCUT2D eigenvalue weighted by Gasteiger charge is -2.10. The van der Waals surface area contributed by atoms with Crippen molar-refractivity contribution in [2.45, 2.75) is 0 Å². The van der Waals surface area contributed by atoms with Gasteiger partial charge in [-0.15, -0.1) is 0 Å². The van der Waals surface area contributed by atoms with Crippen molar-refractivity contribution in [3.63, 3.8) is 0 Å². The van der Waals surface area contributed by atoms with Crippen molar-refractivity contribution in [3.8, 4) is 5.75 Å². The molecular formula is C19H18N2O. The Bertz CT molecular complexity index is 724. The average molecular weight is 290 g/mol. The number of ether oxygens (including phenoxy) is 1. The van der Waals surface area contributed by atoms with Crippen LogP contribution in [0.15, 0.2) is 78.9 Å². The van der Waals surface area contributed by atoms with Crippen molar-refractivity contribution >= 4 is 22.7 Å². The summed E-state index contributed by atoms with van der Waals surface area (Å²) in [4.78, 5) is 0. The van der Waals surface area contributed by atoms with Gasteiger partial charge in [0, 0.05) is 28.8 Å². The van der Waals surface area contributed by atoms with Gasteiger partial charge in [-0.2, -0.15) is 0 Å². The smallest absolute Gasteiger partial charge is 0.120 e. The van der Waals surface area contributed by atoms with Gasteiger partial charge in [-0.25, -0.2) is 0 Å². The van der Waals surface area contributed by atoms with Crippen molar-refractivity contribution in [1.29, 1.82) is 0 Å².